The molecule has 0 spiro atoms. The van der Waals surface area contributed by atoms with Gasteiger partial charge in [-0.15, -0.1) is 0 Å². The van der Waals surface area contributed by atoms with E-state index in [4.69, 9.17) is 0 Å². The molecule has 0 aliphatic heterocycles. The zero-order valence-electron chi connectivity index (χ0n) is 17.8. The molecule has 7 heteroatoms. The molecule has 32 heavy (non-hydrogen) atoms. The van der Waals surface area contributed by atoms with Crippen molar-refractivity contribution in [1.82, 2.24) is 0 Å². The number of rotatable bonds is 3. The first-order valence-electron chi connectivity index (χ1n) is 10.5. The molecular weight excluding hydrogens is 445 g/mol. The third-order valence-corrected chi connectivity index (χ3v) is 5.69. The van der Waals surface area contributed by atoms with Crippen LogP contribution < -0.4 is 0 Å². The second-order valence-electron chi connectivity index (χ2n) is 7.90. The molecule has 172 valence electrons. The standard InChI is InChI=1S/C25H25.F6P/c1-3-19-20(4-2)22-15-9-11-17-24(22)25(18-12-6-5-7-13-18)23-16-10-8-14-21(19)23;1-7(2,3,4,5)6/h5-17,19-20H,3-4H2,1-2H3;/q+1;-1/t19-,20-;/m1./s1. The molecule has 0 saturated carbocycles. The predicted octanol–water partition coefficient (Wildman–Crippen LogP) is 10.1. The first-order chi connectivity index (χ1) is 14.8. The summed E-state index contributed by atoms with van der Waals surface area (Å²) < 4.78 is 59.2. The number of hydrogen-bond donors (Lipinski definition) is 0. The fraction of sp³-hybridized carbons (Fsp3) is 0.240. The zero-order chi connectivity index (χ0) is 23.6. The van der Waals surface area contributed by atoms with E-state index in [1.54, 1.807) is 0 Å². The summed E-state index contributed by atoms with van der Waals surface area (Å²) in [6, 6.07) is 29.0. The first kappa shape index (κ1) is 24.2. The van der Waals surface area contributed by atoms with Crippen molar-refractivity contribution in [2.24, 2.45) is 0 Å². The maximum atomic E-state index is 9.87. The average molecular weight is 470 g/mol. The van der Waals surface area contributed by atoms with Crippen molar-refractivity contribution in [2.45, 2.75) is 38.5 Å². The Morgan fingerprint density at radius 1 is 0.594 bits per heavy atom. The summed E-state index contributed by atoms with van der Waals surface area (Å²) in [5, 5.41) is 0. The maximum absolute atomic E-state index is 10.7. The molecule has 1 aliphatic rings. The molecule has 0 unspecified atom stereocenters. The molecule has 0 aromatic heterocycles. The number of hydrogen-bond acceptors (Lipinski definition) is 0. The Balaban J connectivity index is 0.000000360. The Hall–Kier alpha value is -2.46. The second-order valence-corrected chi connectivity index (χ2v) is 9.82. The van der Waals surface area contributed by atoms with E-state index >= 15 is 0 Å². The summed E-state index contributed by atoms with van der Waals surface area (Å²) in [6.45, 7) is 4.67. The van der Waals surface area contributed by atoms with E-state index < -0.39 is 7.81 Å². The monoisotopic (exact) mass is 470 g/mol. The van der Waals surface area contributed by atoms with Crippen LogP contribution in [0.5, 0.6) is 0 Å². The topological polar surface area (TPSA) is 0 Å². The minimum absolute atomic E-state index is 0.573. The molecule has 2 atom stereocenters. The summed E-state index contributed by atoms with van der Waals surface area (Å²) in [7, 11) is -10.7. The zero-order valence-corrected chi connectivity index (χ0v) is 18.7. The van der Waals surface area contributed by atoms with Crippen LogP contribution >= 0.6 is 7.81 Å². The molecule has 0 N–H and O–H groups in total. The predicted molar refractivity (Wildman–Crippen MR) is 120 cm³/mol. The van der Waals surface area contributed by atoms with Crippen molar-refractivity contribution < 1.29 is 25.2 Å². The summed E-state index contributed by atoms with van der Waals surface area (Å²) in [5.41, 5.74) is 7.14. The number of benzene rings is 3. The van der Waals surface area contributed by atoms with Gasteiger partial charge in [0.25, 0.3) is 0 Å². The summed E-state index contributed by atoms with van der Waals surface area (Å²) >= 11 is 0. The van der Waals surface area contributed by atoms with Gasteiger partial charge in [0.05, 0.1) is 22.6 Å². The van der Waals surface area contributed by atoms with Gasteiger partial charge in [-0.05, 0) is 73.5 Å². The fourth-order valence-corrected chi connectivity index (χ4v) is 4.60. The quantitative estimate of drug-likeness (QED) is 0.203. The Bertz CT molecular complexity index is 996. The molecule has 0 heterocycles. The van der Waals surface area contributed by atoms with Crippen LogP contribution in [0.4, 0.5) is 25.2 Å². The van der Waals surface area contributed by atoms with Crippen LogP contribution in [-0.4, -0.2) is 0 Å². The molecule has 0 saturated heterocycles. The van der Waals surface area contributed by atoms with Crippen LogP contribution in [0.1, 0.15) is 66.3 Å². The van der Waals surface area contributed by atoms with Gasteiger partial charge in [-0.25, -0.2) is 0 Å². The summed E-state index contributed by atoms with van der Waals surface area (Å²) in [5.74, 6) is 2.54. The van der Waals surface area contributed by atoms with Crippen molar-refractivity contribution in [3.8, 4) is 0 Å². The van der Waals surface area contributed by atoms with E-state index in [0.29, 0.717) is 11.8 Å². The van der Waals surface area contributed by atoms with E-state index in [1.165, 1.54) is 46.6 Å². The van der Waals surface area contributed by atoms with Crippen molar-refractivity contribution in [3.63, 3.8) is 0 Å². The molecule has 3 aromatic carbocycles. The normalized spacial score (nSPS) is 19.9. The van der Waals surface area contributed by atoms with Gasteiger partial charge in [0, 0.05) is 23.0 Å². The van der Waals surface area contributed by atoms with Crippen molar-refractivity contribution in [2.75, 3.05) is 0 Å². The van der Waals surface area contributed by atoms with Gasteiger partial charge < -0.3 is 0 Å². The number of fused-ring (bicyclic) bond motifs is 2. The van der Waals surface area contributed by atoms with E-state index in [1.807, 2.05) is 0 Å². The molecule has 0 fully saturated rings. The summed E-state index contributed by atoms with van der Waals surface area (Å²) in [4.78, 5) is 0. The van der Waals surface area contributed by atoms with Crippen LogP contribution in [0, 0.1) is 5.92 Å². The van der Waals surface area contributed by atoms with Gasteiger partial charge in [-0.1, -0.05) is 32.0 Å². The fourth-order valence-electron chi connectivity index (χ4n) is 4.60. The molecule has 3 aromatic rings. The van der Waals surface area contributed by atoms with E-state index in [9.17, 15) is 25.2 Å². The summed E-state index contributed by atoms with van der Waals surface area (Å²) in [6.07, 6.45) is 2.35. The third-order valence-electron chi connectivity index (χ3n) is 5.69. The average Bonchev–Trinajstić information content (AvgIpc) is 2.83. The van der Waals surface area contributed by atoms with Crippen molar-refractivity contribution in [3.05, 3.63) is 113 Å². The molecule has 0 bridgehead atoms. The third kappa shape index (κ3) is 6.29. The Kier molecular flexibility index (Phi) is 6.16. The van der Waals surface area contributed by atoms with Gasteiger partial charge in [0.2, 0.25) is 0 Å². The van der Waals surface area contributed by atoms with Gasteiger partial charge in [0.1, 0.15) is 0 Å². The van der Waals surface area contributed by atoms with Gasteiger partial charge in [0.15, 0.2) is 0 Å². The van der Waals surface area contributed by atoms with E-state index in [-0.39, 0.29) is 0 Å². The van der Waals surface area contributed by atoms with Crippen LogP contribution in [0.25, 0.3) is 0 Å². The van der Waals surface area contributed by atoms with E-state index in [0.717, 1.165) is 0 Å². The minimum atomic E-state index is -10.7. The molecule has 0 amide bonds. The second kappa shape index (κ2) is 8.15. The van der Waals surface area contributed by atoms with Crippen molar-refractivity contribution >= 4 is 7.81 Å². The molecule has 4 rings (SSSR count). The van der Waals surface area contributed by atoms with E-state index in [2.05, 4.69) is 92.7 Å². The van der Waals surface area contributed by atoms with Crippen molar-refractivity contribution in [1.29, 1.82) is 0 Å². The molecule has 0 radical (unpaired) electrons. The Morgan fingerprint density at radius 3 is 1.31 bits per heavy atom. The Morgan fingerprint density at radius 2 is 0.938 bits per heavy atom. The molecular formula is C25H25F6P. The molecule has 0 nitrogen and oxygen atoms in total. The Labute approximate surface area is 184 Å². The van der Waals surface area contributed by atoms with Gasteiger partial charge in [-0.3, -0.25) is 0 Å². The van der Waals surface area contributed by atoms with Gasteiger partial charge >= 0.3 is 33.0 Å². The van der Waals surface area contributed by atoms with Crippen LogP contribution in [0.3, 0.4) is 0 Å². The molecule has 1 aliphatic carbocycles. The SMILES string of the molecule is CC[C@H]1c2ccccc2[C+](c2ccccc2)c2ccccc2[C@@H]1CC.F[P-](F)(F)(F)(F)F. The van der Waals surface area contributed by atoms with Gasteiger partial charge in [-0.2, -0.15) is 0 Å². The number of halogens is 6. The van der Waals surface area contributed by atoms with Crippen LogP contribution in [0.2, 0.25) is 0 Å². The first-order valence-corrected chi connectivity index (χ1v) is 12.5. The van der Waals surface area contributed by atoms with Crippen LogP contribution in [0.15, 0.2) is 78.9 Å². The van der Waals surface area contributed by atoms with Crippen LogP contribution in [-0.2, 0) is 0 Å².